The van der Waals surface area contributed by atoms with Gasteiger partial charge in [-0.1, -0.05) is 56.7 Å². The molecule has 3 atom stereocenters. The van der Waals surface area contributed by atoms with Crippen LogP contribution in [-0.4, -0.2) is 6.54 Å². The van der Waals surface area contributed by atoms with E-state index in [1.54, 1.807) is 0 Å². The van der Waals surface area contributed by atoms with Gasteiger partial charge in [-0.05, 0) is 55.8 Å². The summed E-state index contributed by atoms with van der Waals surface area (Å²) in [7, 11) is 0. The van der Waals surface area contributed by atoms with Crippen LogP contribution in [0.5, 0.6) is 0 Å². The summed E-state index contributed by atoms with van der Waals surface area (Å²) in [6, 6.07) is 0. The largest absolute Gasteiger partial charge is 0.151 e. The number of hydrogen-bond donors (Lipinski definition) is 0. The van der Waals surface area contributed by atoms with Gasteiger partial charge in [0.25, 0.3) is 0 Å². The highest BCUT2D eigenvalue weighted by Crippen LogP contribution is 2.45. The average Bonchev–Trinajstić information content (AvgIpc) is 2.92. The molecule has 0 saturated heterocycles. The molecule has 20 heavy (non-hydrogen) atoms. The van der Waals surface area contributed by atoms with Crippen molar-refractivity contribution in [1.29, 1.82) is 0 Å². The van der Waals surface area contributed by atoms with Gasteiger partial charge in [0.2, 0.25) is 0 Å². The van der Waals surface area contributed by atoms with E-state index in [-0.39, 0.29) is 5.41 Å². The lowest BCUT2D eigenvalue weighted by molar-refractivity contribution is 0.141. The summed E-state index contributed by atoms with van der Waals surface area (Å²) in [6.45, 7) is 7.18. The Bertz CT molecular complexity index is 334. The molecule has 0 aromatic carbocycles. The first-order valence-corrected chi connectivity index (χ1v) is 8.28. The van der Waals surface area contributed by atoms with Crippen LogP contribution in [0.2, 0.25) is 0 Å². The lowest BCUT2D eigenvalue weighted by atomic mass is 9.68. The number of allylic oxidation sites excluding steroid dienone is 4. The smallest absolute Gasteiger partial charge is 0.0867 e. The molecule has 3 unspecified atom stereocenters. The van der Waals surface area contributed by atoms with Gasteiger partial charge in [0, 0.05) is 0 Å². The van der Waals surface area contributed by atoms with E-state index in [0.717, 1.165) is 19.3 Å². The number of rotatable bonds is 10. The predicted octanol–water partition coefficient (Wildman–Crippen LogP) is 5.89. The van der Waals surface area contributed by atoms with Gasteiger partial charge in [-0.2, -0.15) is 4.91 Å². The molecule has 114 valence electrons. The first kappa shape index (κ1) is 17.1. The Morgan fingerprint density at radius 3 is 2.70 bits per heavy atom. The van der Waals surface area contributed by atoms with E-state index in [0.29, 0.717) is 18.4 Å². The molecule has 0 aromatic heterocycles. The fourth-order valence-electron chi connectivity index (χ4n) is 3.49. The molecule has 1 aliphatic carbocycles. The van der Waals surface area contributed by atoms with Gasteiger partial charge in [0.1, 0.15) is 0 Å². The van der Waals surface area contributed by atoms with E-state index < -0.39 is 0 Å². The second-order valence-electron chi connectivity index (χ2n) is 6.44. The standard InChI is InChI=1S/C18H31NO/c1-4-6-7-8-9-10-14-18(3,15-19-20)17-13-11-12-16(17)5-2/h7-8,11-12,16-17H,4-6,9-10,13-15H2,1-3H3/b8-7+. The molecule has 2 heteroatoms. The number of nitrogens with zero attached hydrogens (tertiary/aromatic N) is 1. The molecule has 0 radical (unpaired) electrons. The molecule has 2 nitrogen and oxygen atoms in total. The first-order valence-electron chi connectivity index (χ1n) is 8.28. The maximum atomic E-state index is 10.9. The van der Waals surface area contributed by atoms with Crippen molar-refractivity contribution in [3.05, 3.63) is 29.2 Å². The number of nitroso groups, excluding NO2 is 1. The quantitative estimate of drug-likeness (QED) is 0.278. The zero-order valence-corrected chi connectivity index (χ0v) is 13.5. The summed E-state index contributed by atoms with van der Waals surface area (Å²) < 4.78 is 0. The van der Waals surface area contributed by atoms with E-state index >= 15 is 0 Å². The van der Waals surface area contributed by atoms with Gasteiger partial charge in [-0.3, -0.25) is 0 Å². The van der Waals surface area contributed by atoms with E-state index in [9.17, 15) is 4.91 Å². The Labute approximate surface area is 124 Å². The van der Waals surface area contributed by atoms with E-state index in [2.05, 4.69) is 50.3 Å². The van der Waals surface area contributed by atoms with Gasteiger partial charge < -0.3 is 0 Å². The zero-order chi connectivity index (χ0) is 14.8. The van der Waals surface area contributed by atoms with Crippen molar-refractivity contribution in [3.8, 4) is 0 Å². The van der Waals surface area contributed by atoms with Crippen LogP contribution in [0.3, 0.4) is 0 Å². The molecule has 0 N–H and O–H groups in total. The van der Waals surface area contributed by atoms with Gasteiger partial charge in [-0.25, -0.2) is 0 Å². The second kappa shape index (κ2) is 9.10. The van der Waals surface area contributed by atoms with Crippen molar-refractivity contribution in [2.75, 3.05) is 6.54 Å². The minimum absolute atomic E-state index is 0.0739. The van der Waals surface area contributed by atoms with Crippen LogP contribution in [0, 0.1) is 22.2 Å². The van der Waals surface area contributed by atoms with Crippen molar-refractivity contribution in [1.82, 2.24) is 0 Å². The molecular weight excluding hydrogens is 246 g/mol. The maximum Gasteiger partial charge on any atom is 0.0867 e. The summed E-state index contributed by atoms with van der Waals surface area (Å²) in [4.78, 5) is 10.9. The van der Waals surface area contributed by atoms with Crippen molar-refractivity contribution in [2.24, 2.45) is 22.4 Å². The SMILES string of the molecule is CCC/C=C/CCCC(C)(CN=O)C1CC=CC1CC. The summed E-state index contributed by atoms with van der Waals surface area (Å²) in [6.07, 6.45) is 17.3. The third-order valence-electron chi connectivity index (χ3n) is 4.82. The van der Waals surface area contributed by atoms with E-state index in [1.807, 2.05) is 0 Å². The predicted molar refractivity (Wildman–Crippen MR) is 87.7 cm³/mol. The van der Waals surface area contributed by atoms with Gasteiger partial charge in [0.15, 0.2) is 0 Å². The highest BCUT2D eigenvalue weighted by Gasteiger charge is 2.38. The Morgan fingerprint density at radius 1 is 1.30 bits per heavy atom. The molecule has 0 fully saturated rings. The summed E-state index contributed by atoms with van der Waals surface area (Å²) in [5, 5.41) is 3.25. The lowest BCUT2D eigenvalue weighted by Crippen LogP contribution is -2.33. The maximum absolute atomic E-state index is 10.9. The molecule has 0 bridgehead atoms. The van der Waals surface area contributed by atoms with Crippen molar-refractivity contribution in [2.45, 2.75) is 65.7 Å². The molecule has 0 aliphatic heterocycles. The van der Waals surface area contributed by atoms with Crippen LogP contribution in [-0.2, 0) is 0 Å². The van der Waals surface area contributed by atoms with Gasteiger partial charge in [-0.15, -0.1) is 0 Å². The average molecular weight is 277 g/mol. The number of hydrogen-bond acceptors (Lipinski definition) is 2. The molecule has 1 aliphatic rings. The zero-order valence-electron chi connectivity index (χ0n) is 13.5. The van der Waals surface area contributed by atoms with Crippen LogP contribution in [0.15, 0.2) is 29.5 Å². The highest BCUT2D eigenvalue weighted by molar-refractivity contribution is 5.06. The van der Waals surface area contributed by atoms with Crippen LogP contribution in [0.1, 0.15) is 65.7 Å². The molecule has 0 amide bonds. The van der Waals surface area contributed by atoms with Crippen molar-refractivity contribution >= 4 is 0 Å². The third-order valence-corrected chi connectivity index (χ3v) is 4.82. The van der Waals surface area contributed by atoms with Crippen LogP contribution < -0.4 is 0 Å². The lowest BCUT2D eigenvalue weighted by Gasteiger charge is -2.37. The van der Waals surface area contributed by atoms with Crippen LogP contribution >= 0.6 is 0 Å². The van der Waals surface area contributed by atoms with E-state index in [4.69, 9.17) is 0 Å². The molecular formula is C18H31NO. The fraction of sp³-hybridized carbons (Fsp3) is 0.778. The Morgan fingerprint density at radius 2 is 2.05 bits per heavy atom. The summed E-state index contributed by atoms with van der Waals surface area (Å²) in [5.41, 5.74) is 0.0739. The van der Waals surface area contributed by atoms with Crippen LogP contribution in [0.25, 0.3) is 0 Å². The minimum Gasteiger partial charge on any atom is -0.151 e. The molecule has 1 rings (SSSR count). The topological polar surface area (TPSA) is 29.4 Å². The molecule has 0 spiro atoms. The van der Waals surface area contributed by atoms with Gasteiger partial charge in [0.05, 0.1) is 6.54 Å². The second-order valence-corrected chi connectivity index (χ2v) is 6.44. The first-order chi connectivity index (χ1) is 9.68. The summed E-state index contributed by atoms with van der Waals surface area (Å²) in [5.74, 6) is 1.24. The highest BCUT2D eigenvalue weighted by atomic mass is 16.3. The van der Waals surface area contributed by atoms with Crippen molar-refractivity contribution < 1.29 is 0 Å². The third kappa shape index (κ3) is 4.88. The summed E-state index contributed by atoms with van der Waals surface area (Å²) >= 11 is 0. The molecule has 0 aromatic rings. The Balaban J connectivity index is 2.51. The fourth-order valence-corrected chi connectivity index (χ4v) is 3.49. The number of unbranched alkanes of at least 4 members (excludes halogenated alkanes) is 2. The molecule has 0 saturated carbocycles. The molecule has 0 heterocycles. The minimum atomic E-state index is 0.0739. The Kier molecular flexibility index (Phi) is 7.79. The van der Waals surface area contributed by atoms with E-state index in [1.165, 1.54) is 25.7 Å². The Hall–Kier alpha value is -0.920. The van der Waals surface area contributed by atoms with Crippen LogP contribution in [0.4, 0.5) is 0 Å². The van der Waals surface area contributed by atoms with Gasteiger partial charge >= 0.3 is 0 Å². The van der Waals surface area contributed by atoms with Crippen molar-refractivity contribution in [3.63, 3.8) is 0 Å². The monoisotopic (exact) mass is 277 g/mol. The normalized spacial score (nSPS) is 25.1.